The summed E-state index contributed by atoms with van der Waals surface area (Å²) in [5.74, 6) is 1.30. The van der Waals surface area contributed by atoms with Gasteiger partial charge in [-0.15, -0.1) is 10.2 Å². The van der Waals surface area contributed by atoms with Crippen molar-refractivity contribution in [1.29, 1.82) is 0 Å². The molecule has 0 spiro atoms. The number of ether oxygens (including phenoxy) is 2. The fourth-order valence-electron chi connectivity index (χ4n) is 2.35. The van der Waals surface area contributed by atoms with E-state index < -0.39 is 0 Å². The molecule has 1 aliphatic heterocycles. The van der Waals surface area contributed by atoms with Crippen molar-refractivity contribution in [2.45, 2.75) is 0 Å². The van der Waals surface area contributed by atoms with E-state index in [1.807, 2.05) is 0 Å². The van der Waals surface area contributed by atoms with E-state index in [1.165, 1.54) is 0 Å². The molecule has 3 aromatic rings. The van der Waals surface area contributed by atoms with Crippen LogP contribution in [0.1, 0.15) is 0 Å². The summed E-state index contributed by atoms with van der Waals surface area (Å²) < 4.78 is 12.7. The van der Waals surface area contributed by atoms with E-state index in [0.717, 1.165) is 0 Å². The Balaban J connectivity index is 1.51. The third-order valence-corrected chi connectivity index (χ3v) is 3.37. The van der Waals surface area contributed by atoms with Crippen LogP contribution >= 0.6 is 0 Å². The van der Waals surface area contributed by atoms with E-state index in [4.69, 9.17) is 9.47 Å². The molecule has 8 heteroatoms. The van der Waals surface area contributed by atoms with Gasteiger partial charge < -0.3 is 20.1 Å². The second-order valence-electron chi connectivity index (χ2n) is 4.92. The molecule has 1 aromatic carbocycles. The molecular weight excluding hydrogens is 298 g/mol. The van der Waals surface area contributed by atoms with Crippen LogP contribution in [0.4, 0.5) is 16.2 Å². The number of rotatable bonds is 2. The molecule has 0 saturated carbocycles. The van der Waals surface area contributed by atoms with Gasteiger partial charge >= 0.3 is 6.03 Å². The predicted molar refractivity (Wildman–Crippen MR) is 83.1 cm³/mol. The van der Waals surface area contributed by atoms with Crippen LogP contribution in [0.15, 0.2) is 42.9 Å². The molecule has 3 heterocycles. The number of amides is 2. The van der Waals surface area contributed by atoms with Gasteiger partial charge in [-0.25, -0.2) is 4.79 Å². The van der Waals surface area contributed by atoms with Gasteiger partial charge in [0.05, 0.1) is 5.69 Å². The first-order valence-electron chi connectivity index (χ1n) is 7.05. The number of hydrogen-bond acceptors (Lipinski definition) is 5. The summed E-state index contributed by atoms with van der Waals surface area (Å²) in [6.07, 6.45) is 3.37. The topological polar surface area (TPSA) is 89.8 Å². The Morgan fingerprint density at radius 2 is 2.00 bits per heavy atom. The SMILES string of the molecule is O=C(Nc1ccc2c(c1)OCCO2)Nc1cccn2cnnc12. The van der Waals surface area contributed by atoms with Crippen LogP contribution in [0.25, 0.3) is 5.65 Å². The molecule has 8 nitrogen and oxygen atoms in total. The summed E-state index contributed by atoms with van der Waals surface area (Å²) in [6, 6.07) is 8.43. The highest BCUT2D eigenvalue weighted by Gasteiger charge is 2.13. The molecule has 0 unspecified atom stereocenters. The lowest BCUT2D eigenvalue weighted by Crippen LogP contribution is -2.20. The number of nitrogens with one attached hydrogen (secondary N) is 2. The number of carbonyl (C=O) groups excluding carboxylic acids is 1. The summed E-state index contributed by atoms with van der Waals surface area (Å²) in [6.45, 7) is 1.03. The van der Waals surface area contributed by atoms with Crippen LogP contribution in [0.2, 0.25) is 0 Å². The Bertz CT molecular complexity index is 876. The summed E-state index contributed by atoms with van der Waals surface area (Å²) in [7, 11) is 0. The van der Waals surface area contributed by atoms with E-state index in [9.17, 15) is 4.79 Å². The predicted octanol–water partition coefficient (Wildman–Crippen LogP) is 2.14. The molecule has 4 rings (SSSR count). The van der Waals surface area contributed by atoms with Crippen molar-refractivity contribution in [3.63, 3.8) is 0 Å². The van der Waals surface area contributed by atoms with Gasteiger partial charge in [-0.3, -0.25) is 4.40 Å². The van der Waals surface area contributed by atoms with E-state index >= 15 is 0 Å². The zero-order valence-electron chi connectivity index (χ0n) is 12.0. The van der Waals surface area contributed by atoms with Crippen molar-refractivity contribution < 1.29 is 14.3 Å². The molecular formula is C15H13N5O3. The largest absolute Gasteiger partial charge is 0.486 e. The van der Waals surface area contributed by atoms with Gasteiger partial charge in [0.15, 0.2) is 17.1 Å². The number of carbonyl (C=O) groups is 1. The highest BCUT2D eigenvalue weighted by atomic mass is 16.6. The highest BCUT2D eigenvalue weighted by molar-refractivity contribution is 6.01. The van der Waals surface area contributed by atoms with Gasteiger partial charge in [0.25, 0.3) is 0 Å². The Morgan fingerprint density at radius 3 is 2.91 bits per heavy atom. The smallest absolute Gasteiger partial charge is 0.323 e. The van der Waals surface area contributed by atoms with Gasteiger partial charge in [0.1, 0.15) is 19.5 Å². The lowest BCUT2D eigenvalue weighted by molar-refractivity contribution is 0.171. The van der Waals surface area contributed by atoms with Crippen LogP contribution in [0, 0.1) is 0 Å². The molecule has 0 aliphatic carbocycles. The fourth-order valence-corrected chi connectivity index (χ4v) is 2.35. The average Bonchev–Trinajstić information content (AvgIpc) is 3.04. The summed E-state index contributed by atoms with van der Waals surface area (Å²) in [5.41, 5.74) is 1.75. The van der Waals surface area contributed by atoms with Gasteiger partial charge in [-0.05, 0) is 24.3 Å². The van der Waals surface area contributed by atoms with Crippen LogP contribution in [0.5, 0.6) is 11.5 Å². The van der Waals surface area contributed by atoms with E-state index in [1.54, 1.807) is 47.3 Å². The number of hydrogen-bond donors (Lipinski definition) is 2. The zero-order valence-corrected chi connectivity index (χ0v) is 12.0. The maximum absolute atomic E-state index is 12.2. The van der Waals surface area contributed by atoms with E-state index in [0.29, 0.717) is 41.7 Å². The van der Waals surface area contributed by atoms with Crippen molar-refractivity contribution in [3.05, 3.63) is 42.9 Å². The fraction of sp³-hybridized carbons (Fsp3) is 0.133. The molecule has 0 fully saturated rings. The second-order valence-corrected chi connectivity index (χ2v) is 4.92. The standard InChI is InChI=1S/C15H13N5O3/c21-15(18-11-2-1-5-20-9-16-19-14(11)20)17-10-3-4-12-13(8-10)23-7-6-22-12/h1-5,8-9H,6-7H2,(H2,17,18,21). The monoisotopic (exact) mass is 311 g/mol. The minimum absolute atomic E-state index is 0.377. The Morgan fingerprint density at radius 1 is 1.13 bits per heavy atom. The molecule has 116 valence electrons. The van der Waals surface area contributed by atoms with Gasteiger partial charge in [0, 0.05) is 18.0 Å². The molecule has 0 atom stereocenters. The molecule has 1 aliphatic rings. The minimum atomic E-state index is -0.377. The van der Waals surface area contributed by atoms with Crippen molar-refractivity contribution >= 4 is 23.1 Å². The number of fused-ring (bicyclic) bond motifs is 2. The molecule has 0 saturated heterocycles. The highest BCUT2D eigenvalue weighted by Crippen LogP contribution is 2.32. The number of pyridine rings is 1. The lowest BCUT2D eigenvalue weighted by atomic mass is 10.2. The maximum atomic E-state index is 12.2. The molecule has 2 amide bonds. The van der Waals surface area contributed by atoms with Gasteiger partial charge in [0.2, 0.25) is 0 Å². The van der Waals surface area contributed by atoms with Crippen LogP contribution in [-0.4, -0.2) is 33.8 Å². The van der Waals surface area contributed by atoms with Crippen LogP contribution in [-0.2, 0) is 0 Å². The maximum Gasteiger partial charge on any atom is 0.323 e. The normalized spacial score (nSPS) is 12.9. The molecule has 2 N–H and O–H groups in total. The van der Waals surface area contributed by atoms with Crippen LogP contribution in [0.3, 0.4) is 0 Å². The first-order valence-corrected chi connectivity index (χ1v) is 7.05. The summed E-state index contributed by atoms with van der Waals surface area (Å²) in [4.78, 5) is 12.2. The van der Waals surface area contributed by atoms with Gasteiger partial charge in [-0.1, -0.05) is 0 Å². The first-order chi connectivity index (χ1) is 11.3. The van der Waals surface area contributed by atoms with Crippen molar-refractivity contribution in [1.82, 2.24) is 14.6 Å². The Kier molecular flexibility index (Phi) is 3.19. The summed E-state index contributed by atoms with van der Waals surface area (Å²) >= 11 is 0. The second kappa shape index (κ2) is 5.48. The zero-order chi connectivity index (χ0) is 15.6. The number of anilines is 2. The van der Waals surface area contributed by atoms with Gasteiger partial charge in [-0.2, -0.15) is 0 Å². The lowest BCUT2D eigenvalue weighted by Gasteiger charge is -2.19. The number of urea groups is 1. The third-order valence-electron chi connectivity index (χ3n) is 3.37. The average molecular weight is 311 g/mol. The molecule has 0 radical (unpaired) electrons. The molecule has 0 bridgehead atoms. The summed E-state index contributed by atoms with van der Waals surface area (Å²) in [5, 5.41) is 13.3. The molecule has 23 heavy (non-hydrogen) atoms. The Labute approximate surface area is 131 Å². The van der Waals surface area contributed by atoms with Crippen molar-refractivity contribution in [2.24, 2.45) is 0 Å². The van der Waals surface area contributed by atoms with Crippen molar-refractivity contribution in [3.8, 4) is 11.5 Å². The number of benzene rings is 1. The number of aromatic nitrogens is 3. The molecule has 2 aromatic heterocycles. The first kappa shape index (κ1) is 13.4. The number of nitrogens with zero attached hydrogens (tertiary/aromatic N) is 3. The Hall–Kier alpha value is -3.29. The third kappa shape index (κ3) is 2.61. The van der Waals surface area contributed by atoms with E-state index in [2.05, 4.69) is 20.8 Å². The minimum Gasteiger partial charge on any atom is -0.486 e. The van der Waals surface area contributed by atoms with Crippen LogP contribution < -0.4 is 20.1 Å². The van der Waals surface area contributed by atoms with Crippen molar-refractivity contribution in [2.75, 3.05) is 23.8 Å². The van der Waals surface area contributed by atoms with E-state index in [-0.39, 0.29) is 6.03 Å². The quantitative estimate of drug-likeness (QED) is 0.757.